The van der Waals surface area contributed by atoms with E-state index in [-0.39, 0.29) is 23.8 Å². The van der Waals surface area contributed by atoms with Crippen LogP contribution in [0, 0.1) is 0 Å². The Balaban J connectivity index is 1.29. The standard InChI is InChI=1S/C41H48N4O3/c1-31(42-2)39(46)43-38(25-20-32-13-6-3-7-14-32)41(48)45-28-12-19-37(45)27-30-44(29-26-33-15-8-4-9-16-33)40(47)36-23-21-35(22-24-36)34-17-10-5-11-18-34/h3-11,13-18,21-24,31,37-38,42H,12,19-20,25-30H2,1-2H3,(H,43,46)/t31-,37-,38-/m0/s1. The molecular weight excluding hydrogens is 596 g/mol. The average Bonchev–Trinajstić information content (AvgIpc) is 3.62. The second-order valence-corrected chi connectivity index (χ2v) is 12.7. The monoisotopic (exact) mass is 644 g/mol. The topological polar surface area (TPSA) is 81.8 Å². The van der Waals surface area contributed by atoms with Gasteiger partial charge in [0.2, 0.25) is 11.8 Å². The summed E-state index contributed by atoms with van der Waals surface area (Å²) in [4.78, 5) is 44.9. The molecule has 5 rings (SSSR count). The zero-order chi connectivity index (χ0) is 33.7. The van der Waals surface area contributed by atoms with Crippen LogP contribution in [0.25, 0.3) is 11.1 Å². The highest BCUT2D eigenvalue weighted by atomic mass is 16.2. The van der Waals surface area contributed by atoms with E-state index in [1.807, 2.05) is 88.7 Å². The maximum absolute atomic E-state index is 14.1. The summed E-state index contributed by atoms with van der Waals surface area (Å²) in [6.45, 7) is 3.57. The molecule has 48 heavy (non-hydrogen) atoms. The van der Waals surface area contributed by atoms with Gasteiger partial charge in [-0.05, 0) is 86.9 Å². The second kappa shape index (κ2) is 17.4. The van der Waals surface area contributed by atoms with Gasteiger partial charge in [0.25, 0.3) is 5.91 Å². The molecule has 0 spiro atoms. The van der Waals surface area contributed by atoms with Crippen LogP contribution >= 0.6 is 0 Å². The van der Waals surface area contributed by atoms with Crippen LogP contribution in [0.4, 0.5) is 0 Å². The van der Waals surface area contributed by atoms with E-state index in [4.69, 9.17) is 0 Å². The molecule has 3 amide bonds. The van der Waals surface area contributed by atoms with Crippen LogP contribution < -0.4 is 10.6 Å². The number of amides is 3. The van der Waals surface area contributed by atoms with Crippen molar-refractivity contribution in [3.8, 4) is 11.1 Å². The second-order valence-electron chi connectivity index (χ2n) is 12.7. The molecule has 3 atom stereocenters. The Labute approximate surface area is 285 Å². The summed E-state index contributed by atoms with van der Waals surface area (Å²) >= 11 is 0. The normalized spacial score (nSPS) is 15.5. The first-order chi connectivity index (χ1) is 23.4. The van der Waals surface area contributed by atoms with Crippen molar-refractivity contribution in [3.63, 3.8) is 0 Å². The molecule has 0 aromatic heterocycles. The quantitative estimate of drug-likeness (QED) is 0.163. The lowest BCUT2D eigenvalue weighted by Gasteiger charge is -2.32. The van der Waals surface area contributed by atoms with Crippen molar-refractivity contribution in [3.05, 3.63) is 132 Å². The van der Waals surface area contributed by atoms with E-state index >= 15 is 0 Å². The summed E-state index contributed by atoms with van der Waals surface area (Å²) in [6.07, 6.45) is 4.43. The molecule has 1 heterocycles. The van der Waals surface area contributed by atoms with Crippen molar-refractivity contribution >= 4 is 17.7 Å². The molecule has 4 aromatic rings. The van der Waals surface area contributed by atoms with E-state index in [0.29, 0.717) is 44.5 Å². The lowest BCUT2D eigenvalue weighted by molar-refractivity contribution is -0.137. The van der Waals surface area contributed by atoms with Crippen molar-refractivity contribution in [2.75, 3.05) is 26.7 Å². The van der Waals surface area contributed by atoms with Gasteiger partial charge >= 0.3 is 0 Å². The molecule has 2 N–H and O–H groups in total. The van der Waals surface area contributed by atoms with Crippen LogP contribution in [0.5, 0.6) is 0 Å². The largest absolute Gasteiger partial charge is 0.343 e. The fraction of sp³-hybridized carbons (Fsp3) is 0.341. The Hall–Kier alpha value is -4.75. The number of benzene rings is 4. The summed E-state index contributed by atoms with van der Waals surface area (Å²) < 4.78 is 0. The predicted octanol–water partition coefficient (Wildman–Crippen LogP) is 6.15. The van der Waals surface area contributed by atoms with E-state index in [1.165, 1.54) is 5.56 Å². The molecule has 0 radical (unpaired) electrons. The van der Waals surface area contributed by atoms with E-state index in [0.717, 1.165) is 36.0 Å². The highest BCUT2D eigenvalue weighted by molar-refractivity contribution is 5.95. The van der Waals surface area contributed by atoms with Gasteiger partial charge in [-0.1, -0.05) is 103 Å². The minimum Gasteiger partial charge on any atom is -0.343 e. The number of rotatable bonds is 15. The van der Waals surface area contributed by atoms with Crippen LogP contribution in [0.2, 0.25) is 0 Å². The number of aryl methyl sites for hydroxylation is 1. The number of likely N-dealkylation sites (N-methyl/N-ethyl adjacent to an activating group) is 1. The first-order valence-corrected chi connectivity index (χ1v) is 17.2. The fourth-order valence-corrected chi connectivity index (χ4v) is 6.41. The molecule has 0 aliphatic carbocycles. The Kier molecular flexibility index (Phi) is 12.5. The van der Waals surface area contributed by atoms with Crippen molar-refractivity contribution in [2.24, 2.45) is 0 Å². The highest BCUT2D eigenvalue weighted by Crippen LogP contribution is 2.24. The Morgan fingerprint density at radius 3 is 1.98 bits per heavy atom. The molecule has 0 unspecified atom stereocenters. The number of nitrogens with zero attached hydrogens (tertiary/aromatic N) is 2. The number of hydrogen-bond acceptors (Lipinski definition) is 4. The zero-order valence-electron chi connectivity index (χ0n) is 28.2. The SMILES string of the molecule is CN[C@@H](C)C(=O)N[C@@H](CCc1ccccc1)C(=O)N1CCC[C@H]1CCN(CCc1ccccc1)C(=O)c1ccc(-c2ccccc2)cc1. The van der Waals surface area contributed by atoms with Crippen molar-refractivity contribution in [2.45, 2.75) is 63.6 Å². The number of carbonyl (C=O) groups excluding carboxylic acids is 3. The van der Waals surface area contributed by atoms with E-state index in [1.54, 1.807) is 14.0 Å². The summed E-state index contributed by atoms with van der Waals surface area (Å²) in [6, 6.07) is 37.3. The molecule has 250 valence electrons. The van der Waals surface area contributed by atoms with E-state index < -0.39 is 12.1 Å². The Morgan fingerprint density at radius 1 is 0.771 bits per heavy atom. The van der Waals surface area contributed by atoms with Crippen LogP contribution in [0.3, 0.4) is 0 Å². The Bertz CT molecular complexity index is 1600. The maximum Gasteiger partial charge on any atom is 0.253 e. The van der Waals surface area contributed by atoms with Crippen molar-refractivity contribution in [1.29, 1.82) is 0 Å². The molecule has 4 aromatic carbocycles. The number of carbonyl (C=O) groups is 3. The van der Waals surface area contributed by atoms with Crippen LogP contribution in [-0.2, 0) is 22.4 Å². The smallest absolute Gasteiger partial charge is 0.253 e. The highest BCUT2D eigenvalue weighted by Gasteiger charge is 2.34. The van der Waals surface area contributed by atoms with Crippen LogP contribution in [0.1, 0.15) is 54.1 Å². The molecule has 1 saturated heterocycles. The van der Waals surface area contributed by atoms with Crippen molar-refractivity contribution in [1.82, 2.24) is 20.4 Å². The predicted molar refractivity (Wildman–Crippen MR) is 192 cm³/mol. The van der Waals surface area contributed by atoms with Gasteiger partial charge in [0.05, 0.1) is 6.04 Å². The average molecular weight is 645 g/mol. The van der Waals surface area contributed by atoms with Gasteiger partial charge in [-0.15, -0.1) is 0 Å². The summed E-state index contributed by atoms with van der Waals surface area (Å²) in [5, 5.41) is 6.02. The maximum atomic E-state index is 14.1. The van der Waals surface area contributed by atoms with Gasteiger partial charge < -0.3 is 20.4 Å². The minimum absolute atomic E-state index is 0.00262. The number of likely N-dealkylation sites (tertiary alicyclic amines) is 1. The zero-order valence-corrected chi connectivity index (χ0v) is 28.2. The molecule has 1 aliphatic heterocycles. The Morgan fingerprint density at radius 2 is 1.35 bits per heavy atom. The van der Waals surface area contributed by atoms with E-state index in [2.05, 4.69) is 47.0 Å². The molecular formula is C41H48N4O3. The van der Waals surface area contributed by atoms with Crippen molar-refractivity contribution < 1.29 is 14.4 Å². The lowest BCUT2D eigenvalue weighted by Crippen LogP contribution is -2.53. The molecule has 1 aliphatic rings. The lowest BCUT2D eigenvalue weighted by atomic mass is 10.0. The molecule has 0 bridgehead atoms. The number of hydrogen-bond donors (Lipinski definition) is 2. The molecule has 1 fully saturated rings. The summed E-state index contributed by atoms with van der Waals surface area (Å²) in [5.41, 5.74) is 5.15. The van der Waals surface area contributed by atoms with Gasteiger partial charge in [-0.25, -0.2) is 0 Å². The van der Waals surface area contributed by atoms with E-state index in [9.17, 15) is 14.4 Å². The van der Waals surface area contributed by atoms with Gasteiger partial charge in [0.15, 0.2) is 0 Å². The van der Waals surface area contributed by atoms with Gasteiger partial charge in [-0.2, -0.15) is 0 Å². The third-order valence-electron chi connectivity index (χ3n) is 9.44. The summed E-state index contributed by atoms with van der Waals surface area (Å²) in [7, 11) is 1.74. The van der Waals surface area contributed by atoms with Gasteiger partial charge in [0.1, 0.15) is 6.04 Å². The molecule has 7 heteroatoms. The van der Waals surface area contributed by atoms with Crippen LogP contribution in [-0.4, -0.2) is 72.3 Å². The van der Waals surface area contributed by atoms with Gasteiger partial charge in [-0.3, -0.25) is 14.4 Å². The molecule has 0 saturated carbocycles. The van der Waals surface area contributed by atoms with Gasteiger partial charge in [0, 0.05) is 31.2 Å². The third-order valence-corrected chi connectivity index (χ3v) is 9.44. The minimum atomic E-state index is -0.618. The third kappa shape index (κ3) is 9.41. The first-order valence-electron chi connectivity index (χ1n) is 17.2. The molecule has 7 nitrogen and oxygen atoms in total. The summed E-state index contributed by atoms with van der Waals surface area (Å²) in [5.74, 6) is -0.227. The van der Waals surface area contributed by atoms with Crippen LogP contribution in [0.15, 0.2) is 115 Å². The first kappa shape index (κ1) is 34.6. The fourth-order valence-electron chi connectivity index (χ4n) is 6.41. The number of nitrogens with one attached hydrogen (secondary N) is 2.